The molecular weight excluding hydrogens is 312 g/mol. The number of carbonyl (C=O) groups excluding carboxylic acids is 1. The molecule has 1 amide bonds. The number of hydrogen-bond donors (Lipinski definition) is 0. The fourth-order valence-electron chi connectivity index (χ4n) is 2.54. The van der Waals surface area contributed by atoms with E-state index >= 15 is 0 Å². The van der Waals surface area contributed by atoms with Crippen molar-refractivity contribution in [3.8, 4) is 0 Å². The molecule has 0 saturated heterocycles. The van der Waals surface area contributed by atoms with Gasteiger partial charge in [-0.15, -0.1) is 0 Å². The first-order chi connectivity index (χ1) is 10.9. The molecule has 0 N–H and O–H groups in total. The van der Waals surface area contributed by atoms with Crippen LogP contribution in [0.3, 0.4) is 0 Å². The third-order valence-electron chi connectivity index (χ3n) is 3.70. The zero-order chi connectivity index (χ0) is 17.5. The number of nitrogens with zero attached hydrogens (tertiary/aromatic N) is 2. The van der Waals surface area contributed by atoms with Crippen molar-refractivity contribution in [2.75, 3.05) is 26.2 Å². The molecule has 1 aromatic rings. The lowest BCUT2D eigenvalue weighted by Gasteiger charge is -2.22. The quantitative estimate of drug-likeness (QED) is 0.694. The molecule has 0 bridgehead atoms. The van der Waals surface area contributed by atoms with E-state index in [-0.39, 0.29) is 10.8 Å². The summed E-state index contributed by atoms with van der Waals surface area (Å²) < 4.78 is 26.6. The van der Waals surface area contributed by atoms with E-state index in [0.717, 1.165) is 12.8 Å². The predicted molar refractivity (Wildman–Crippen MR) is 93.0 cm³/mol. The van der Waals surface area contributed by atoms with E-state index in [0.29, 0.717) is 31.7 Å². The fraction of sp³-hybridized carbons (Fsp3) is 0.588. The molecular formula is C17H28N2O3S. The zero-order valence-electron chi connectivity index (χ0n) is 14.6. The minimum atomic E-state index is -3.54. The van der Waals surface area contributed by atoms with Crippen LogP contribution in [0.2, 0.25) is 0 Å². The Kier molecular flexibility index (Phi) is 7.72. The first-order valence-electron chi connectivity index (χ1n) is 8.31. The first kappa shape index (κ1) is 19.6. The van der Waals surface area contributed by atoms with Crippen molar-refractivity contribution in [1.29, 1.82) is 0 Å². The lowest BCUT2D eigenvalue weighted by atomic mass is 10.2. The Morgan fingerprint density at radius 1 is 1.00 bits per heavy atom. The van der Waals surface area contributed by atoms with Crippen LogP contribution < -0.4 is 0 Å². The average molecular weight is 340 g/mol. The summed E-state index contributed by atoms with van der Waals surface area (Å²) in [5.74, 6) is -0.106. The van der Waals surface area contributed by atoms with E-state index in [2.05, 4.69) is 0 Å². The molecule has 0 aliphatic heterocycles. The number of amides is 1. The van der Waals surface area contributed by atoms with Gasteiger partial charge < -0.3 is 4.90 Å². The van der Waals surface area contributed by atoms with Gasteiger partial charge in [-0.1, -0.05) is 33.8 Å². The number of hydrogen-bond acceptors (Lipinski definition) is 3. The van der Waals surface area contributed by atoms with Crippen LogP contribution in [0.15, 0.2) is 29.2 Å². The van der Waals surface area contributed by atoms with Crippen molar-refractivity contribution < 1.29 is 13.2 Å². The van der Waals surface area contributed by atoms with E-state index in [9.17, 15) is 13.2 Å². The van der Waals surface area contributed by atoms with Gasteiger partial charge >= 0.3 is 0 Å². The predicted octanol–water partition coefficient (Wildman–Crippen LogP) is 2.98. The van der Waals surface area contributed by atoms with Gasteiger partial charge in [-0.2, -0.15) is 4.31 Å². The summed E-state index contributed by atoms with van der Waals surface area (Å²) in [6.07, 6.45) is 1.76. The van der Waals surface area contributed by atoms with Gasteiger partial charge in [-0.05, 0) is 31.0 Å². The summed E-state index contributed by atoms with van der Waals surface area (Å²) in [5, 5.41) is 0. The molecule has 0 aliphatic rings. The van der Waals surface area contributed by atoms with Crippen LogP contribution in [0.1, 0.15) is 50.9 Å². The Labute approximate surface area is 140 Å². The molecule has 1 aromatic carbocycles. The summed E-state index contributed by atoms with van der Waals surface area (Å²) in [4.78, 5) is 14.6. The SMILES string of the molecule is CCCN(CCC)C(=O)c1cccc(S(=O)(=O)N(CC)CC)c1. The van der Waals surface area contributed by atoms with Gasteiger partial charge in [-0.25, -0.2) is 8.42 Å². The maximum atomic E-state index is 12.6. The second-order valence-corrected chi connectivity index (χ2v) is 7.35. The molecule has 0 aliphatic carbocycles. The van der Waals surface area contributed by atoms with Crippen molar-refractivity contribution in [2.45, 2.75) is 45.4 Å². The number of carbonyl (C=O) groups is 1. The van der Waals surface area contributed by atoms with E-state index in [1.54, 1.807) is 36.9 Å². The van der Waals surface area contributed by atoms with Crippen LogP contribution in [-0.2, 0) is 10.0 Å². The summed E-state index contributed by atoms with van der Waals surface area (Å²) in [7, 11) is -3.54. The highest BCUT2D eigenvalue weighted by Crippen LogP contribution is 2.18. The van der Waals surface area contributed by atoms with Gasteiger partial charge in [-0.3, -0.25) is 4.79 Å². The van der Waals surface area contributed by atoms with E-state index < -0.39 is 10.0 Å². The largest absolute Gasteiger partial charge is 0.339 e. The lowest BCUT2D eigenvalue weighted by molar-refractivity contribution is 0.0755. The summed E-state index contributed by atoms with van der Waals surface area (Å²) in [5.41, 5.74) is 0.431. The summed E-state index contributed by atoms with van der Waals surface area (Å²) >= 11 is 0. The van der Waals surface area contributed by atoms with Crippen LogP contribution >= 0.6 is 0 Å². The summed E-state index contributed by atoms with van der Waals surface area (Å²) in [6.45, 7) is 9.85. The van der Waals surface area contributed by atoms with Gasteiger partial charge in [0.15, 0.2) is 0 Å². The molecule has 0 radical (unpaired) electrons. The Balaban J connectivity index is 3.15. The fourth-order valence-corrected chi connectivity index (χ4v) is 4.04. The highest BCUT2D eigenvalue weighted by molar-refractivity contribution is 7.89. The smallest absolute Gasteiger partial charge is 0.253 e. The molecule has 0 atom stereocenters. The average Bonchev–Trinajstić information content (AvgIpc) is 2.55. The number of rotatable bonds is 9. The van der Waals surface area contributed by atoms with Crippen molar-refractivity contribution in [3.63, 3.8) is 0 Å². The highest BCUT2D eigenvalue weighted by Gasteiger charge is 2.23. The third kappa shape index (κ3) is 4.78. The first-order valence-corrected chi connectivity index (χ1v) is 9.75. The second-order valence-electron chi connectivity index (χ2n) is 5.41. The van der Waals surface area contributed by atoms with Crippen molar-refractivity contribution >= 4 is 15.9 Å². The topological polar surface area (TPSA) is 57.7 Å². The molecule has 0 spiro atoms. The Bertz CT molecular complexity index is 604. The van der Waals surface area contributed by atoms with E-state index in [1.165, 1.54) is 10.4 Å². The van der Waals surface area contributed by atoms with Gasteiger partial charge in [0.25, 0.3) is 5.91 Å². The Morgan fingerprint density at radius 2 is 1.57 bits per heavy atom. The van der Waals surface area contributed by atoms with Crippen molar-refractivity contribution in [1.82, 2.24) is 9.21 Å². The normalized spacial score (nSPS) is 11.7. The van der Waals surface area contributed by atoms with Gasteiger partial charge in [0.1, 0.15) is 0 Å². The van der Waals surface area contributed by atoms with Gasteiger partial charge in [0.2, 0.25) is 10.0 Å². The van der Waals surface area contributed by atoms with Crippen LogP contribution in [0, 0.1) is 0 Å². The van der Waals surface area contributed by atoms with Crippen molar-refractivity contribution in [2.24, 2.45) is 0 Å². The third-order valence-corrected chi connectivity index (χ3v) is 5.74. The Hall–Kier alpha value is -1.40. The molecule has 130 valence electrons. The van der Waals surface area contributed by atoms with E-state index in [1.807, 2.05) is 13.8 Å². The minimum absolute atomic E-state index is 0.106. The molecule has 0 heterocycles. The summed E-state index contributed by atoms with van der Waals surface area (Å²) in [6, 6.07) is 6.37. The van der Waals surface area contributed by atoms with Crippen molar-refractivity contribution in [3.05, 3.63) is 29.8 Å². The van der Waals surface area contributed by atoms with Crippen LogP contribution in [0.25, 0.3) is 0 Å². The van der Waals surface area contributed by atoms with Crippen LogP contribution in [0.4, 0.5) is 0 Å². The molecule has 0 aromatic heterocycles. The molecule has 0 saturated carbocycles. The molecule has 23 heavy (non-hydrogen) atoms. The molecule has 0 fully saturated rings. The molecule has 5 nitrogen and oxygen atoms in total. The minimum Gasteiger partial charge on any atom is -0.339 e. The maximum absolute atomic E-state index is 12.6. The van der Waals surface area contributed by atoms with Crippen LogP contribution in [-0.4, -0.2) is 49.7 Å². The van der Waals surface area contributed by atoms with Gasteiger partial charge in [0.05, 0.1) is 4.90 Å². The monoisotopic (exact) mass is 340 g/mol. The second kappa shape index (κ2) is 9.03. The molecule has 1 rings (SSSR count). The molecule has 0 unspecified atom stereocenters. The van der Waals surface area contributed by atoms with Crippen LogP contribution in [0.5, 0.6) is 0 Å². The standard InChI is InChI=1S/C17H28N2O3S/c1-5-12-18(13-6-2)17(20)15-10-9-11-16(14-15)23(21,22)19(7-3)8-4/h9-11,14H,5-8,12-13H2,1-4H3. The van der Waals surface area contributed by atoms with Gasteiger partial charge in [0, 0.05) is 31.7 Å². The number of sulfonamides is 1. The maximum Gasteiger partial charge on any atom is 0.253 e. The Morgan fingerprint density at radius 3 is 2.04 bits per heavy atom. The highest BCUT2D eigenvalue weighted by atomic mass is 32.2. The zero-order valence-corrected chi connectivity index (χ0v) is 15.4. The van der Waals surface area contributed by atoms with E-state index in [4.69, 9.17) is 0 Å². The number of benzene rings is 1. The molecule has 6 heteroatoms. The lowest BCUT2D eigenvalue weighted by Crippen LogP contribution is -2.33.